The van der Waals surface area contributed by atoms with Gasteiger partial charge in [-0.2, -0.15) is 0 Å². The zero-order valence-corrected chi connectivity index (χ0v) is 19.1. The quantitative estimate of drug-likeness (QED) is 0.322. The van der Waals surface area contributed by atoms with E-state index in [0.717, 1.165) is 23.1 Å². The van der Waals surface area contributed by atoms with E-state index < -0.39 is 0 Å². The van der Waals surface area contributed by atoms with Gasteiger partial charge < -0.3 is 10.0 Å². The van der Waals surface area contributed by atoms with Crippen molar-refractivity contribution in [2.75, 3.05) is 18.0 Å². The largest absolute Gasteiger partial charge is 0.507 e. The van der Waals surface area contributed by atoms with Crippen molar-refractivity contribution in [3.63, 3.8) is 0 Å². The molecular formula is C31H31NO. The van der Waals surface area contributed by atoms with Crippen LogP contribution in [0.25, 0.3) is 17.4 Å². The van der Waals surface area contributed by atoms with Crippen LogP contribution in [0.5, 0.6) is 0 Å². The molecule has 0 saturated carbocycles. The van der Waals surface area contributed by atoms with Gasteiger partial charge in [0.1, 0.15) is 5.76 Å². The SMILES string of the molecule is O/C(=C\C(=C/C/C=C/c1cc2c3c(c1)CCCN3CCC2)c1ccccc1)c1ccccc1. The highest BCUT2D eigenvalue weighted by molar-refractivity contribution is 5.81. The van der Waals surface area contributed by atoms with E-state index in [1.165, 1.54) is 61.2 Å². The van der Waals surface area contributed by atoms with Gasteiger partial charge in [0.25, 0.3) is 0 Å². The van der Waals surface area contributed by atoms with E-state index in [0.29, 0.717) is 0 Å². The highest BCUT2D eigenvalue weighted by atomic mass is 16.3. The number of hydrogen-bond acceptors (Lipinski definition) is 2. The van der Waals surface area contributed by atoms with E-state index in [-0.39, 0.29) is 5.76 Å². The van der Waals surface area contributed by atoms with Gasteiger partial charge >= 0.3 is 0 Å². The highest BCUT2D eigenvalue weighted by Gasteiger charge is 2.23. The molecule has 2 nitrogen and oxygen atoms in total. The third kappa shape index (κ3) is 4.96. The summed E-state index contributed by atoms with van der Waals surface area (Å²) in [5.41, 5.74) is 8.84. The van der Waals surface area contributed by atoms with Crippen LogP contribution in [0.1, 0.15) is 47.1 Å². The van der Waals surface area contributed by atoms with Crippen molar-refractivity contribution in [1.29, 1.82) is 0 Å². The Bertz CT molecular complexity index is 1160. The molecule has 33 heavy (non-hydrogen) atoms. The number of rotatable bonds is 6. The van der Waals surface area contributed by atoms with E-state index in [4.69, 9.17) is 0 Å². The Balaban J connectivity index is 1.38. The van der Waals surface area contributed by atoms with E-state index in [1.54, 1.807) is 0 Å². The van der Waals surface area contributed by atoms with Gasteiger partial charge in [0.2, 0.25) is 0 Å². The summed E-state index contributed by atoms with van der Waals surface area (Å²) in [7, 11) is 0. The summed E-state index contributed by atoms with van der Waals surface area (Å²) in [4.78, 5) is 2.59. The van der Waals surface area contributed by atoms with Crippen LogP contribution in [0, 0.1) is 0 Å². The van der Waals surface area contributed by atoms with Crippen molar-refractivity contribution < 1.29 is 5.11 Å². The van der Waals surface area contributed by atoms with Gasteiger partial charge in [-0.05, 0) is 78.1 Å². The lowest BCUT2D eigenvalue weighted by Gasteiger charge is -2.37. The average molecular weight is 434 g/mol. The lowest BCUT2D eigenvalue weighted by molar-refractivity contribution is 0.512. The molecule has 0 aliphatic carbocycles. The van der Waals surface area contributed by atoms with Crippen LogP contribution in [0.15, 0.2) is 91.0 Å². The number of aryl methyl sites for hydroxylation is 2. The van der Waals surface area contributed by atoms with Gasteiger partial charge in [-0.15, -0.1) is 0 Å². The van der Waals surface area contributed by atoms with Crippen molar-refractivity contribution in [2.45, 2.75) is 32.1 Å². The van der Waals surface area contributed by atoms with Crippen LogP contribution in [0.3, 0.4) is 0 Å². The fourth-order valence-corrected chi connectivity index (χ4v) is 5.06. The minimum atomic E-state index is 0.285. The summed E-state index contributed by atoms with van der Waals surface area (Å²) < 4.78 is 0. The number of nitrogens with zero attached hydrogens (tertiary/aromatic N) is 1. The molecule has 3 aromatic rings. The van der Waals surface area contributed by atoms with E-state index >= 15 is 0 Å². The number of benzene rings is 3. The van der Waals surface area contributed by atoms with E-state index in [2.05, 4.69) is 47.4 Å². The van der Waals surface area contributed by atoms with E-state index in [1.807, 2.05) is 54.6 Å². The van der Waals surface area contributed by atoms with Gasteiger partial charge in [0.05, 0.1) is 0 Å². The van der Waals surface area contributed by atoms with Gasteiger partial charge in [-0.1, -0.05) is 78.9 Å². The summed E-state index contributed by atoms with van der Waals surface area (Å²) in [6, 6.07) is 24.7. The van der Waals surface area contributed by atoms with Crippen molar-refractivity contribution >= 4 is 23.1 Å². The highest BCUT2D eigenvalue weighted by Crippen LogP contribution is 2.36. The van der Waals surface area contributed by atoms with Crippen molar-refractivity contribution in [1.82, 2.24) is 0 Å². The molecule has 0 unspecified atom stereocenters. The molecule has 0 amide bonds. The zero-order chi connectivity index (χ0) is 22.5. The number of aliphatic hydroxyl groups is 1. The Morgan fingerprint density at radius 2 is 1.42 bits per heavy atom. The molecular weight excluding hydrogens is 402 g/mol. The summed E-state index contributed by atoms with van der Waals surface area (Å²) in [6.07, 6.45) is 14.3. The van der Waals surface area contributed by atoms with Crippen LogP contribution in [-0.2, 0) is 12.8 Å². The second-order valence-electron chi connectivity index (χ2n) is 8.94. The number of allylic oxidation sites excluding steroid dienone is 4. The standard InChI is InChI=1S/C31H31NO/c33-30(26-14-5-2-6-15-26)23-27(25-12-3-1-4-13-25)16-8-7-11-24-21-28-17-9-19-32-20-10-18-29(22-24)31(28)32/h1-7,11-16,21-23,33H,8-10,17-20H2/b11-7+,27-16+,30-23-. The molecule has 5 rings (SSSR count). The molecule has 2 aliphatic rings. The third-order valence-corrected chi connectivity index (χ3v) is 6.61. The van der Waals surface area contributed by atoms with Crippen molar-refractivity contribution in [2.24, 2.45) is 0 Å². The normalized spacial score (nSPS) is 16.2. The first-order valence-electron chi connectivity index (χ1n) is 12.1. The first kappa shape index (κ1) is 21.3. The Morgan fingerprint density at radius 3 is 2.06 bits per heavy atom. The van der Waals surface area contributed by atoms with Gasteiger partial charge in [0, 0.05) is 24.3 Å². The molecule has 1 N–H and O–H groups in total. The molecule has 0 aromatic heterocycles. The maximum Gasteiger partial charge on any atom is 0.123 e. The van der Waals surface area contributed by atoms with Crippen LogP contribution in [-0.4, -0.2) is 18.2 Å². The summed E-state index contributed by atoms with van der Waals surface area (Å²) in [5.74, 6) is 0.285. The second-order valence-corrected chi connectivity index (χ2v) is 8.94. The number of aliphatic hydroxyl groups excluding tert-OH is 1. The van der Waals surface area contributed by atoms with Gasteiger partial charge in [0.15, 0.2) is 0 Å². The molecule has 0 saturated heterocycles. The predicted molar refractivity (Wildman–Crippen MR) is 140 cm³/mol. The molecule has 2 heteroatoms. The van der Waals surface area contributed by atoms with Crippen LogP contribution in [0.2, 0.25) is 0 Å². The zero-order valence-electron chi connectivity index (χ0n) is 19.1. The first-order valence-corrected chi connectivity index (χ1v) is 12.1. The molecule has 0 bridgehead atoms. The fourth-order valence-electron chi connectivity index (χ4n) is 5.06. The van der Waals surface area contributed by atoms with Crippen LogP contribution in [0.4, 0.5) is 5.69 Å². The number of anilines is 1. The van der Waals surface area contributed by atoms with Crippen LogP contribution < -0.4 is 4.90 Å². The lowest BCUT2D eigenvalue weighted by atomic mass is 9.90. The minimum Gasteiger partial charge on any atom is -0.507 e. The lowest BCUT2D eigenvalue weighted by Crippen LogP contribution is -2.34. The molecule has 166 valence electrons. The molecule has 0 atom stereocenters. The molecule has 2 heterocycles. The molecule has 0 fully saturated rings. The summed E-state index contributed by atoms with van der Waals surface area (Å²) in [6.45, 7) is 2.43. The third-order valence-electron chi connectivity index (χ3n) is 6.61. The Labute approximate surface area is 197 Å². The summed E-state index contributed by atoms with van der Waals surface area (Å²) >= 11 is 0. The average Bonchev–Trinajstić information content (AvgIpc) is 2.87. The maximum absolute atomic E-state index is 10.7. The van der Waals surface area contributed by atoms with Gasteiger partial charge in [-0.3, -0.25) is 0 Å². The second kappa shape index (κ2) is 9.95. The number of hydrogen-bond donors (Lipinski definition) is 1. The predicted octanol–water partition coefficient (Wildman–Crippen LogP) is 7.47. The Kier molecular flexibility index (Phi) is 6.44. The maximum atomic E-state index is 10.7. The fraction of sp³-hybridized carbons (Fsp3) is 0.226. The monoisotopic (exact) mass is 433 g/mol. The van der Waals surface area contributed by atoms with Crippen molar-refractivity contribution in [3.05, 3.63) is 119 Å². The van der Waals surface area contributed by atoms with Crippen molar-refractivity contribution in [3.8, 4) is 0 Å². The van der Waals surface area contributed by atoms with E-state index in [9.17, 15) is 5.11 Å². The smallest absolute Gasteiger partial charge is 0.123 e. The topological polar surface area (TPSA) is 23.5 Å². The molecule has 0 spiro atoms. The molecule has 2 aliphatic heterocycles. The first-order chi connectivity index (χ1) is 16.3. The van der Waals surface area contributed by atoms with Crippen LogP contribution >= 0.6 is 0 Å². The summed E-state index contributed by atoms with van der Waals surface area (Å²) in [5, 5.41) is 10.7. The minimum absolute atomic E-state index is 0.285. The Hall–Kier alpha value is -3.52. The Morgan fingerprint density at radius 1 is 0.818 bits per heavy atom. The van der Waals surface area contributed by atoms with Gasteiger partial charge in [-0.25, -0.2) is 0 Å². The molecule has 0 radical (unpaired) electrons. The molecule has 3 aromatic carbocycles.